The molecule has 0 fully saturated rings. The van der Waals surface area contributed by atoms with Gasteiger partial charge in [0.15, 0.2) is 11.6 Å². The van der Waals surface area contributed by atoms with Gasteiger partial charge in [0.25, 0.3) is 5.69 Å². The van der Waals surface area contributed by atoms with Gasteiger partial charge in [-0.2, -0.15) is 0 Å². The molecule has 0 atom stereocenters. The van der Waals surface area contributed by atoms with Gasteiger partial charge in [-0.3, -0.25) is 10.1 Å². The first-order valence-electron chi connectivity index (χ1n) is 4.18. The Kier molecular flexibility index (Phi) is 4.36. The Morgan fingerprint density at radius 3 is 2.47 bits per heavy atom. The largest absolute Gasteiger partial charge is 0.482 e. The second-order valence-electron chi connectivity index (χ2n) is 2.88. The minimum atomic E-state index is -0.634. The average Bonchev–Trinajstić information content (AvgIpc) is 2.27. The highest BCUT2D eigenvalue weighted by Gasteiger charge is 2.15. The van der Waals surface area contributed by atoms with Crippen LogP contribution in [0.25, 0.3) is 0 Å². The van der Waals surface area contributed by atoms with Crippen LogP contribution >= 0.6 is 23.2 Å². The van der Waals surface area contributed by atoms with Crippen molar-refractivity contribution in [3.8, 4) is 5.75 Å². The summed E-state index contributed by atoms with van der Waals surface area (Å²) in [6.45, 7) is -0.242. The van der Waals surface area contributed by atoms with E-state index in [9.17, 15) is 10.1 Å². The molecule has 0 radical (unpaired) electrons. The number of halogens is 2. The van der Waals surface area contributed by atoms with Gasteiger partial charge < -0.3 is 15.7 Å². The van der Waals surface area contributed by atoms with Crippen LogP contribution in [0.2, 0.25) is 10.0 Å². The fourth-order valence-corrected chi connectivity index (χ4v) is 1.55. The van der Waals surface area contributed by atoms with Crippen LogP contribution in [-0.2, 0) is 0 Å². The van der Waals surface area contributed by atoms with E-state index in [1.807, 2.05) is 0 Å². The molecule has 0 amide bonds. The topological polar surface area (TPSA) is 111 Å². The number of hydrogen-bond donors (Lipinski definition) is 2. The van der Waals surface area contributed by atoms with Gasteiger partial charge in [0.2, 0.25) is 0 Å². The number of hydrogen-bond acceptors (Lipinski definition) is 5. The van der Waals surface area contributed by atoms with Crippen LogP contribution in [0.1, 0.15) is 0 Å². The highest BCUT2D eigenvalue weighted by Crippen LogP contribution is 2.36. The summed E-state index contributed by atoms with van der Waals surface area (Å²) in [5.74, 6) is -0.152. The fourth-order valence-electron chi connectivity index (χ4n) is 0.965. The van der Waals surface area contributed by atoms with Gasteiger partial charge >= 0.3 is 0 Å². The molecule has 0 aliphatic heterocycles. The predicted octanol–water partition coefficient (Wildman–Crippen LogP) is 2.03. The summed E-state index contributed by atoms with van der Waals surface area (Å²) in [7, 11) is 0. The van der Waals surface area contributed by atoms with E-state index < -0.39 is 4.92 Å². The van der Waals surface area contributed by atoms with Crippen LogP contribution < -0.4 is 10.5 Å². The van der Waals surface area contributed by atoms with E-state index in [1.54, 1.807) is 0 Å². The van der Waals surface area contributed by atoms with Crippen molar-refractivity contribution in [1.29, 1.82) is 0 Å². The van der Waals surface area contributed by atoms with Crippen molar-refractivity contribution in [2.75, 3.05) is 6.61 Å². The molecule has 0 heterocycles. The Balaban J connectivity index is 2.98. The van der Waals surface area contributed by atoms with Crippen molar-refractivity contribution in [2.45, 2.75) is 0 Å². The van der Waals surface area contributed by atoms with Crippen molar-refractivity contribution in [2.24, 2.45) is 10.9 Å². The maximum atomic E-state index is 10.5. The first-order valence-corrected chi connectivity index (χ1v) is 4.94. The lowest BCUT2D eigenvalue weighted by Gasteiger charge is -2.08. The van der Waals surface area contributed by atoms with E-state index in [0.717, 1.165) is 12.1 Å². The minimum Gasteiger partial charge on any atom is -0.482 e. The van der Waals surface area contributed by atoms with Gasteiger partial charge in [-0.05, 0) is 0 Å². The molecule has 0 unspecified atom stereocenters. The third-order valence-corrected chi connectivity index (χ3v) is 2.25. The lowest BCUT2D eigenvalue weighted by atomic mass is 10.3. The molecule has 0 saturated carbocycles. The molecule has 0 aliphatic carbocycles. The molecule has 0 spiro atoms. The third kappa shape index (κ3) is 3.36. The number of non-ortho nitro benzene ring substituents is 1. The second-order valence-corrected chi connectivity index (χ2v) is 3.69. The SMILES string of the molecule is N/C(COc1c(Cl)cc([N+](=O)[O-])cc1Cl)=N\O. The predicted molar refractivity (Wildman–Crippen MR) is 62.0 cm³/mol. The van der Waals surface area contributed by atoms with E-state index in [4.69, 9.17) is 38.9 Å². The smallest absolute Gasteiger partial charge is 0.272 e. The summed E-state index contributed by atoms with van der Waals surface area (Å²) < 4.78 is 5.05. The molecular weight excluding hydrogens is 273 g/mol. The molecule has 0 saturated heterocycles. The first-order chi connectivity index (χ1) is 7.95. The van der Waals surface area contributed by atoms with Crippen molar-refractivity contribution in [3.63, 3.8) is 0 Å². The fraction of sp³-hybridized carbons (Fsp3) is 0.125. The zero-order valence-electron chi connectivity index (χ0n) is 8.26. The van der Waals surface area contributed by atoms with Crippen molar-refractivity contribution in [1.82, 2.24) is 0 Å². The number of nitrogens with two attached hydrogens (primary N) is 1. The van der Waals surface area contributed by atoms with Crippen molar-refractivity contribution < 1.29 is 14.9 Å². The maximum Gasteiger partial charge on any atom is 0.272 e. The molecule has 0 aromatic heterocycles. The Hall–Kier alpha value is -1.73. The molecule has 0 aliphatic rings. The highest BCUT2D eigenvalue weighted by atomic mass is 35.5. The van der Waals surface area contributed by atoms with Gasteiger partial charge in [-0.1, -0.05) is 28.4 Å². The summed E-state index contributed by atoms with van der Waals surface area (Å²) in [6.07, 6.45) is 0. The number of rotatable bonds is 4. The molecule has 3 N–H and O–H groups in total. The summed E-state index contributed by atoms with van der Waals surface area (Å²) in [6, 6.07) is 2.18. The monoisotopic (exact) mass is 279 g/mol. The van der Waals surface area contributed by atoms with E-state index >= 15 is 0 Å². The lowest BCUT2D eigenvalue weighted by molar-refractivity contribution is -0.384. The normalized spacial score (nSPS) is 11.3. The quantitative estimate of drug-likeness (QED) is 0.288. The standard InChI is InChI=1S/C8H7Cl2N3O4/c9-5-1-4(13(15)16)2-6(10)8(5)17-3-7(11)12-14/h1-2,14H,3H2,(H2,11,12). The summed E-state index contributed by atoms with van der Waals surface area (Å²) in [5.41, 5.74) is 4.93. The third-order valence-electron chi connectivity index (χ3n) is 1.69. The molecule has 1 aromatic rings. The van der Waals surface area contributed by atoms with Gasteiger partial charge in [0, 0.05) is 12.1 Å². The Bertz CT molecular complexity index is 455. The van der Waals surface area contributed by atoms with Crippen LogP contribution in [0.15, 0.2) is 17.3 Å². The van der Waals surface area contributed by atoms with Gasteiger partial charge in [-0.15, -0.1) is 0 Å². The van der Waals surface area contributed by atoms with Crippen LogP contribution in [0.5, 0.6) is 5.75 Å². The Morgan fingerprint density at radius 1 is 1.53 bits per heavy atom. The summed E-state index contributed by atoms with van der Waals surface area (Å²) in [4.78, 5) is 9.87. The summed E-state index contributed by atoms with van der Waals surface area (Å²) >= 11 is 11.5. The van der Waals surface area contributed by atoms with Gasteiger partial charge in [0.1, 0.15) is 6.61 Å². The number of benzene rings is 1. The van der Waals surface area contributed by atoms with E-state index in [0.29, 0.717) is 0 Å². The van der Waals surface area contributed by atoms with Crippen LogP contribution in [0.4, 0.5) is 5.69 Å². The van der Waals surface area contributed by atoms with E-state index in [-0.39, 0.29) is 33.9 Å². The molecule has 7 nitrogen and oxygen atoms in total. The average molecular weight is 280 g/mol. The molecular formula is C8H7Cl2N3O4. The number of ether oxygens (including phenoxy) is 1. The molecule has 1 rings (SSSR count). The first kappa shape index (κ1) is 13.3. The van der Waals surface area contributed by atoms with Gasteiger partial charge in [0.05, 0.1) is 15.0 Å². The number of nitrogens with zero attached hydrogens (tertiary/aromatic N) is 2. The Morgan fingerprint density at radius 2 is 2.06 bits per heavy atom. The van der Waals surface area contributed by atoms with Gasteiger partial charge in [-0.25, -0.2) is 0 Å². The molecule has 92 valence electrons. The molecule has 17 heavy (non-hydrogen) atoms. The van der Waals surface area contributed by atoms with E-state index in [1.165, 1.54) is 0 Å². The molecule has 9 heteroatoms. The zero-order valence-corrected chi connectivity index (χ0v) is 9.77. The number of amidine groups is 1. The van der Waals surface area contributed by atoms with Crippen LogP contribution in [0, 0.1) is 10.1 Å². The Labute approximate surface area is 106 Å². The lowest BCUT2D eigenvalue weighted by Crippen LogP contribution is -2.21. The molecule has 0 bridgehead atoms. The molecule has 1 aromatic carbocycles. The zero-order chi connectivity index (χ0) is 13.0. The van der Waals surface area contributed by atoms with Crippen LogP contribution in [0.3, 0.4) is 0 Å². The van der Waals surface area contributed by atoms with Crippen LogP contribution in [-0.4, -0.2) is 22.6 Å². The number of oxime groups is 1. The summed E-state index contributed by atoms with van der Waals surface area (Å²) in [5, 5.41) is 21.4. The van der Waals surface area contributed by atoms with E-state index in [2.05, 4.69) is 5.16 Å². The number of nitro benzene ring substituents is 1. The van der Waals surface area contributed by atoms with Crippen molar-refractivity contribution >= 4 is 34.7 Å². The van der Waals surface area contributed by atoms with Crippen molar-refractivity contribution in [3.05, 3.63) is 32.3 Å². The second kappa shape index (κ2) is 5.55. The highest BCUT2D eigenvalue weighted by molar-refractivity contribution is 6.37. The maximum absolute atomic E-state index is 10.5. The minimum absolute atomic E-state index is 0.0325. The number of nitro groups is 1.